The number of carbonyl (C=O) groups excluding carboxylic acids is 1. The molecule has 5 nitrogen and oxygen atoms in total. The monoisotopic (exact) mass is 276 g/mol. The Balaban J connectivity index is 2.05. The highest BCUT2D eigenvalue weighted by Gasteiger charge is 2.39. The zero-order valence-corrected chi connectivity index (χ0v) is 12.0. The van der Waals surface area contributed by atoms with Gasteiger partial charge in [0.15, 0.2) is 5.13 Å². The lowest BCUT2D eigenvalue weighted by atomic mass is 10.3. The summed E-state index contributed by atoms with van der Waals surface area (Å²) in [7, 11) is 5.79. The van der Waals surface area contributed by atoms with Crippen molar-refractivity contribution in [3.63, 3.8) is 0 Å². The molecule has 6 heteroatoms. The highest BCUT2D eigenvalue weighted by Crippen LogP contribution is 2.32. The molecule has 1 aromatic heterocycles. The number of amides is 2. The summed E-state index contributed by atoms with van der Waals surface area (Å²) < 4.78 is 1.11. The van der Waals surface area contributed by atoms with Gasteiger partial charge in [-0.2, -0.15) is 0 Å². The fourth-order valence-corrected chi connectivity index (χ4v) is 3.29. The van der Waals surface area contributed by atoms with Crippen LogP contribution < -0.4 is 4.90 Å². The minimum absolute atomic E-state index is 0.0118. The summed E-state index contributed by atoms with van der Waals surface area (Å²) in [6.45, 7) is 0.696. The van der Waals surface area contributed by atoms with Crippen LogP contribution in [0.25, 0.3) is 10.2 Å². The molecule has 1 saturated heterocycles. The number of hydrogen-bond donors (Lipinski definition) is 0. The number of nitrogens with zero attached hydrogens (tertiary/aromatic N) is 4. The first-order valence-electron chi connectivity index (χ1n) is 6.14. The van der Waals surface area contributed by atoms with E-state index in [4.69, 9.17) is 0 Å². The van der Waals surface area contributed by atoms with Gasteiger partial charge >= 0.3 is 6.03 Å². The van der Waals surface area contributed by atoms with Gasteiger partial charge in [-0.15, -0.1) is 0 Å². The first-order chi connectivity index (χ1) is 9.08. The van der Waals surface area contributed by atoms with E-state index in [0.717, 1.165) is 15.3 Å². The van der Waals surface area contributed by atoms with E-state index in [2.05, 4.69) is 4.98 Å². The number of para-hydroxylation sites is 1. The second-order valence-electron chi connectivity index (χ2n) is 4.94. The van der Waals surface area contributed by atoms with Crippen LogP contribution in [0.2, 0.25) is 0 Å². The molecule has 100 valence electrons. The van der Waals surface area contributed by atoms with Crippen molar-refractivity contribution in [2.75, 3.05) is 32.6 Å². The quantitative estimate of drug-likeness (QED) is 0.843. The van der Waals surface area contributed by atoms with E-state index in [1.54, 1.807) is 21.1 Å². The molecule has 1 atom stereocenters. The maximum absolute atomic E-state index is 12.3. The average molecular weight is 276 g/mol. The molecular formula is C13H16N4OS. The third-order valence-corrected chi connectivity index (χ3v) is 4.39. The highest BCUT2D eigenvalue weighted by atomic mass is 32.1. The summed E-state index contributed by atoms with van der Waals surface area (Å²) in [6.07, 6.45) is 0.0399. The van der Waals surface area contributed by atoms with E-state index >= 15 is 0 Å². The molecule has 2 aromatic rings. The predicted octanol–water partition coefficient (Wildman–Crippen LogP) is 2.06. The van der Waals surface area contributed by atoms with Gasteiger partial charge in [-0.3, -0.25) is 9.80 Å². The molecule has 3 rings (SSSR count). The number of anilines is 1. The maximum Gasteiger partial charge on any atom is 0.327 e. The fourth-order valence-electron chi connectivity index (χ4n) is 2.28. The Hall–Kier alpha value is -1.66. The predicted molar refractivity (Wildman–Crippen MR) is 77.6 cm³/mol. The zero-order valence-electron chi connectivity index (χ0n) is 11.2. The van der Waals surface area contributed by atoms with Crippen LogP contribution in [0.4, 0.5) is 9.93 Å². The zero-order chi connectivity index (χ0) is 13.6. The molecule has 1 aliphatic rings. The van der Waals surface area contributed by atoms with E-state index in [-0.39, 0.29) is 12.2 Å². The van der Waals surface area contributed by atoms with Crippen LogP contribution in [-0.4, -0.2) is 54.7 Å². The van der Waals surface area contributed by atoms with Crippen molar-refractivity contribution in [2.24, 2.45) is 0 Å². The molecule has 19 heavy (non-hydrogen) atoms. The summed E-state index contributed by atoms with van der Waals surface area (Å²) in [5.74, 6) is 0. The van der Waals surface area contributed by atoms with Gasteiger partial charge in [0.05, 0.1) is 16.8 Å². The minimum Gasteiger partial charge on any atom is -0.324 e. The van der Waals surface area contributed by atoms with E-state index in [9.17, 15) is 4.79 Å². The molecule has 0 bridgehead atoms. The number of likely N-dealkylation sites (N-methyl/N-ethyl adjacent to an activating group) is 2. The number of rotatable bonds is 2. The highest BCUT2D eigenvalue weighted by molar-refractivity contribution is 7.22. The van der Waals surface area contributed by atoms with Gasteiger partial charge in [0.1, 0.15) is 6.17 Å². The second kappa shape index (κ2) is 4.47. The van der Waals surface area contributed by atoms with Crippen molar-refractivity contribution in [2.45, 2.75) is 6.17 Å². The smallest absolute Gasteiger partial charge is 0.324 e. The molecule has 0 radical (unpaired) electrons. The molecule has 0 N–H and O–H groups in total. The topological polar surface area (TPSA) is 39.7 Å². The number of aromatic nitrogens is 1. The second-order valence-corrected chi connectivity index (χ2v) is 5.95. The Morgan fingerprint density at radius 1 is 1.37 bits per heavy atom. The van der Waals surface area contributed by atoms with Gasteiger partial charge < -0.3 is 4.90 Å². The van der Waals surface area contributed by atoms with Crippen molar-refractivity contribution >= 4 is 32.7 Å². The van der Waals surface area contributed by atoms with E-state index < -0.39 is 0 Å². The number of carbonyl (C=O) groups is 1. The van der Waals surface area contributed by atoms with E-state index in [1.807, 2.05) is 50.3 Å². The van der Waals surface area contributed by atoms with Gasteiger partial charge in [-0.1, -0.05) is 23.5 Å². The van der Waals surface area contributed by atoms with Crippen LogP contribution in [-0.2, 0) is 0 Å². The lowest BCUT2D eigenvalue weighted by Gasteiger charge is -2.25. The number of hydrogen-bond acceptors (Lipinski definition) is 4. The first-order valence-corrected chi connectivity index (χ1v) is 6.96. The largest absolute Gasteiger partial charge is 0.327 e. The van der Waals surface area contributed by atoms with E-state index in [1.165, 1.54) is 0 Å². The molecule has 1 fully saturated rings. The maximum atomic E-state index is 12.3. The van der Waals surface area contributed by atoms with Crippen LogP contribution in [0.3, 0.4) is 0 Å². The summed E-state index contributed by atoms with van der Waals surface area (Å²) >= 11 is 1.56. The summed E-state index contributed by atoms with van der Waals surface area (Å²) in [5, 5.41) is 0.772. The Kier molecular flexibility index (Phi) is 2.91. The normalized spacial score (nSPS) is 20.0. The lowest BCUT2D eigenvalue weighted by molar-refractivity contribution is 0.229. The molecule has 0 spiro atoms. The minimum atomic E-state index is 0.0118. The van der Waals surface area contributed by atoms with Crippen LogP contribution in [0.1, 0.15) is 0 Å². The van der Waals surface area contributed by atoms with Crippen LogP contribution >= 0.6 is 11.3 Å². The standard InChI is InChI=1S/C13H16N4OS/c1-15(2)11-8-16(3)13(18)17(11)12-14-9-6-4-5-7-10(9)19-12/h4-7,11H,8H2,1-3H3. The number of benzene rings is 1. The van der Waals surface area contributed by atoms with Gasteiger partial charge in [0.2, 0.25) is 0 Å². The van der Waals surface area contributed by atoms with Crippen molar-refractivity contribution in [1.29, 1.82) is 0 Å². The van der Waals surface area contributed by atoms with Gasteiger partial charge in [0.25, 0.3) is 0 Å². The average Bonchev–Trinajstić information content (AvgIpc) is 2.91. The molecule has 1 unspecified atom stereocenters. The number of thiazole rings is 1. The fraction of sp³-hybridized carbons (Fsp3) is 0.385. The molecule has 0 saturated carbocycles. The van der Waals surface area contributed by atoms with Gasteiger partial charge in [-0.25, -0.2) is 9.78 Å². The SMILES string of the molecule is CN1CC(N(C)C)N(c2nc3ccccc3s2)C1=O. The van der Waals surface area contributed by atoms with Gasteiger partial charge in [-0.05, 0) is 26.2 Å². The Bertz CT molecular complexity index is 591. The van der Waals surface area contributed by atoms with Crippen molar-refractivity contribution in [1.82, 2.24) is 14.8 Å². The molecule has 2 amide bonds. The van der Waals surface area contributed by atoms with Crippen LogP contribution in [0, 0.1) is 0 Å². The molecule has 2 heterocycles. The molecule has 1 aromatic carbocycles. The molecular weight excluding hydrogens is 260 g/mol. The Morgan fingerprint density at radius 2 is 2.11 bits per heavy atom. The van der Waals surface area contributed by atoms with E-state index in [0.29, 0.717) is 6.54 Å². The molecule has 0 aliphatic carbocycles. The summed E-state index contributed by atoms with van der Waals surface area (Å²) in [4.78, 5) is 22.4. The third kappa shape index (κ3) is 1.97. The van der Waals surface area contributed by atoms with Crippen LogP contribution in [0.15, 0.2) is 24.3 Å². The summed E-state index contributed by atoms with van der Waals surface area (Å²) in [5.41, 5.74) is 0.947. The van der Waals surface area contributed by atoms with Crippen LogP contribution in [0.5, 0.6) is 0 Å². The Morgan fingerprint density at radius 3 is 2.79 bits per heavy atom. The third-order valence-electron chi connectivity index (χ3n) is 3.35. The van der Waals surface area contributed by atoms with Crippen molar-refractivity contribution < 1.29 is 4.79 Å². The first kappa shape index (κ1) is 12.4. The lowest BCUT2D eigenvalue weighted by Crippen LogP contribution is -2.43. The number of fused-ring (bicyclic) bond motifs is 1. The van der Waals surface area contributed by atoms with Crippen molar-refractivity contribution in [3.8, 4) is 0 Å². The molecule has 1 aliphatic heterocycles. The van der Waals surface area contributed by atoms with Gasteiger partial charge in [0, 0.05) is 7.05 Å². The number of urea groups is 1. The Labute approximate surface area is 116 Å². The summed E-state index contributed by atoms with van der Waals surface area (Å²) in [6, 6.07) is 7.98. The van der Waals surface area contributed by atoms with Crippen molar-refractivity contribution in [3.05, 3.63) is 24.3 Å².